The predicted octanol–water partition coefficient (Wildman–Crippen LogP) is 14.3. The van der Waals surface area contributed by atoms with E-state index in [0.29, 0.717) is 0 Å². The van der Waals surface area contributed by atoms with Gasteiger partial charge in [-0.25, -0.2) is 0 Å². The normalized spacial score (nSPS) is 20.2. The second kappa shape index (κ2) is 27.2. The average Bonchev–Trinajstić information content (AvgIpc) is 3.08. The zero-order valence-corrected chi connectivity index (χ0v) is 41.8. The molecule has 0 N–H and O–H groups in total. The molecule has 1 saturated heterocycles. The van der Waals surface area contributed by atoms with E-state index >= 15 is 0 Å². The van der Waals surface area contributed by atoms with Gasteiger partial charge in [0.05, 0.1) is 12.2 Å². The third-order valence-electron chi connectivity index (χ3n) is 10.6. The van der Waals surface area contributed by atoms with E-state index in [-0.39, 0.29) is 35.4 Å². The van der Waals surface area contributed by atoms with Crippen LogP contribution in [0.4, 0.5) is 0 Å². The van der Waals surface area contributed by atoms with Crippen LogP contribution in [0.2, 0.25) is 31.4 Å². The van der Waals surface area contributed by atoms with Crippen LogP contribution in [0.3, 0.4) is 0 Å². The number of carbonyl (C=O) groups excluding carboxylic acids is 1. The number of rotatable bonds is 26. The number of esters is 1. The monoisotopic (exact) mass is 974 g/mol. The summed E-state index contributed by atoms with van der Waals surface area (Å²) in [6.07, 6.45) is 33.9. The molecule has 1 aliphatic rings. The molecule has 4 atom stereocenters. The molecule has 1 aliphatic heterocycles. The van der Waals surface area contributed by atoms with E-state index in [9.17, 15) is 4.79 Å². The number of halogens is 1. The summed E-state index contributed by atoms with van der Waals surface area (Å²) in [6, 6.07) is 0. The Kier molecular flexibility index (Phi) is 26.0. The summed E-state index contributed by atoms with van der Waals surface area (Å²) in [5.41, 5.74) is 0. The van der Waals surface area contributed by atoms with E-state index in [1.807, 2.05) is 37.0 Å². The molecule has 1 rings (SSSR count). The maximum absolute atomic E-state index is 12.6. The number of hydrogen-bond acceptors (Lipinski definition) is 5. The molecule has 0 bridgehead atoms. The summed E-state index contributed by atoms with van der Waals surface area (Å²) in [4.78, 5) is 12.6. The van der Waals surface area contributed by atoms with Crippen molar-refractivity contribution in [3.63, 3.8) is 0 Å². The van der Waals surface area contributed by atoms with Crippen molar-refractivity contribution in [3.05, 3.63) is 68.9 Å². The molecule has 53 heavy (non-hydrogen) atoms. The molecule has 0 spiro atoms. The first-order valence-electron chi connectivity index (χ1n) is 20.9. The number of hydrogen-bond donors (Lipinski definition) is 0. The molecule has 0 saturated carbocycles. The van der Waals surface area contributed by atoms with Gasteiger partial charge in [-0.15, -0.1) is 0 Å². The molecule has 0 aromatic rings. The Morgan fingerprint density at radius 1 is 0.925 bits per heavy atom. The topological polar surface area (TPSA) is 54.0 Å². The van der Waals surface area contributed by atoms with E-state index in [1.54, 1.807) is 6.08 Å². The van der Waals surface area contributed by atoms with Crippen molar-refractivity contribution in [2.45, 2.75) is 201 Å². The molecular formula is C45H79IO5SiSn. The van der Waals surface area contributed by atoms with E-state index in [0.717, 1.165) is 38.5 Å². The SMILES string of the molecule is CCC[CH2][Sn](/[CH]=C/[C@H](C/C=C/C=C\C(=O)O[C@H](C)CCC/C=C/C=C/[C@H]1C[C@H](C/C=C\I)OC(C)(C)O1)O[Si](C)(C)C(C)(C)C)([CH2]CCC)[CH2]CCC. The van der Waals surface area contributed by atoms with Crippen LogP contribution in [0.5, 0.6) is 0 Å². The molecule has 0 unspecified atom stereocenters. The fourth-order valence-electron chi connectivity index (χ4n) is 6.47. The molecule has 304 valence electrons. The van der Waals surface area contributed by atoms with Crippen LogP contribution in [0.15, 0.2) is 68.9 Å². The summed E-state index contributed by atoms with van der Waals surface area (Å²) in [7, 11) is -1.96. The standard InChI is InChI=1S/C33H52IO5Si.3C4H9.Sn/c1-10-28(39-40(8,9)32(3,4)5)21-17-14-18-24-31(35)36-27(2)20-15-12-11-13-16-22-29-26-30(23-19-25-34)38-33(6,7)37-29;3*1-3-4-2;/h1,10-11,13-14,16-19,22,24-25,27-30H,12,15,20-21,23,26H2,2-9H3;3*1,3-4H2,2H3;/b10-1?,13-11+,17-14+,22-16+,24-18-,25-19-;;;;/t27-,28-,29+,30+;;;;/m1..../s1. The Bertz CT molecular complexity index is 1160. The zero-order chi connectivity index (χ0) is 39.8. The van der Waals surface area contributed by atoms with Crippen molar-refractivity contribution in [2.24, 2.45) is 0 Å². The second-order valence-corrected chi connectivity index (χ2v) is 35.6. The van der Waals surface area contributed by atoms with Crippen LogP contribution >= 0.6 is 22.6 Å². The van der Waals surface area contributed by atoms with Crippen LogP contribution in [0, 0.1) is 0 Å². The quantitative estimate of drug-likeness (QED) is 0.0216. The Hall–Kier alpha value is -0.464. The molecule has 1 heterocycles. The second-order valence-electron chi connectivity index (χ2n) is 17.1. The average molecular weight is 974 g/mol. The summed E-state index contributed by atoms with van der Waals surface area (Å²) in [5, 5.41) is 0.150. The zero-order valence-electron chi connectivity index (χ0n) is 35.8. The fraction of sp³-hybridized carbons (Fsp3) is 0.711. The van der Waals surface area contributed by atoms with Gasteiger partial charge in [-0.3, -0.25) is 0 Å². The van der Waals surface area contributed by atoms with Crippen molar-refractivity contribution in [1.82, 2.24) is 0 Å². The van der Waals surface area contributed by atoms with Crippen molar-refractivity contribution >= 4 is 55.3 Å². The first kappa shape index (κ1) is 50.6. The van der Waals surface area contributed by atoms with Crippen molar-refractivity contribution in [1.29, 1.82) is 0 Å². The van der Waals surface area contributed by atoms with Crippen molar-refractivity contribution in [3.8, 4) is 0 Å². The number of carbonyl (C=O) groups is 1. The fourth-order valence-corrected chi connectivity index (χ4v) is 22.4. The van der Waals surface area contributed by atoms with E-state index in [4.69, 9.17) is 18.6 Å². The van der Waals surface area contributed by atoms with E-state index < -0.39 is 32.5 Å². The molecule has 0 amide bonds. The molecular weight excluding hydrogens is 894 g/mol. The minimum absolute atomic E-state index is 0.0424. The molecule has 0 radical (unpaired) electrons. The van der Waals surface area contributed by atoms with Crippen molar-refractivity contribution in [2.75, 3.05) is 0 Å². The third kappa shape index (κ3) is 22.8. The Balaban J connectivity index is 2.72. The Morgan fingerprint density at radius 2 is 1.55 bits per heavy atom. The first-order valence-corrected chi connectivity index (χ1v) is 32.7. The van der Waals surface area contributed by atoms with Crippen LogP contribution in [0.25, 0.3) is 0 Å². The van der Waals surface area contributed by atoms with Gasteiger partial charge in [-0.05, 0) is 37.2 Å². The summed E-state index contributed by atoms with van der Waals surface area (Å²) >= 11 is -0.187. The van der Waals surface area contributed by atoms with Gasteiger partial charge in [-0.1, -0.05) is 53.0 Å². The summed E-state index contributed by atoms with van der Waals surface area (Å²) in [6.45, 7) is 24.6. The number of allylic oxidation sites excluding steroid dienone is 5. The number of ether oxygens (including phenoxy) is 3. The summed E-state index contributed by atoms with van der Waals surface area (Å²) in [5.74, 6) is -0.868. The van der Waals surface area contributed by atoms with E-state index in [1.165, 1.54) is 51.8 Å². The van der Waals surface area contributed by atoms with Crippen LogP contribution in [0.1, 0.15) is 139 Å². The van der Waals surface area contributed by atoms with E-state index in [2.05, 4.69) is 124 Å². The van der Waals surface area contributed by atoms with Gasteiger partial charge in [-0.2, -0.15) is 0 Å². The maximum atomic E-state index is 12.6. The van der Waals surface area contributed by atoms with Gasteiger partial charge in [0.25, 0.3) is 0 Å². The van der Waals surface area contributed by atoms with Gasteiger partial charge < -0.3 is 9.47 Å². The van der Waals surface area contributed by atoms with Gasteiger partial charge in [0.2, 0.25) is 0 Å². The van der Waals surface area contributed by atoms with Crippen molar-refractivity contribution < 1.29 is 23.4 Å². The molecule has 1 fully saturated rings. The Labute approximate surface area is 346 Å². The molecule has 0 aromatic carbocycles. The summed E-state index contributed by atoms with van der Waals surface area (Å²) < 4.78 is 34.0. The Morgan fingerprint density at radius 3 is 2.13 bits per heavy atom. The minimum atomic E-state index is -2.43. The first-order chi connectivity index (χ1) is 25.0. The van der Waals surface area contributed by atoms with Gasteiger partial charge in [0, 0.05) is 6.42 Å². The van der Waals surface area contributed by atoms with Crippen LogP contribution in [-0.4, -0.2) is 62.9 Å². The third-order valence-corrected chi connectivity index (χ3v) is 29.7. The molecule has 0 aromatic heterocycles. The molecule has 8 heteroatoms. The molecule has 5 nitrogen and oxygen atoms in total. The van der Waals surface area contributed by atoms with Crippen LogP contribution < -0.4 is 0 Å². The van der Waals surface area contributed by atoms with Gasteiger partial charge >= 0.3 is 225 Å². The molecule has 0 aliphatic carbocycles. The van der Waals surface area contributed by atoms with Gasteiger partial charge in [0.1, 0.15) is 0 Å². The number of unbranched alkanes of at least 4 members (excludes halogenated alkanes) is 4. The predicted molar refractivity (Wildman–Crippen MR) is 243 cm³/mol. The van der Waals surface area contributed by atoms with Crippen LogP contribution in [-0.2, 0) is 23.4 Å². The van der Waals surface area contributed by atoms with Gasteiger partial charge in [0.15, 0.2) is 5.79 Å².